The van der Waals surface area contributed by atoms with Gasteiger partial charge >= 0.3 is 5.97 Å². The normalized spacial score (nSPS) is 10.1. The van der Waals surface area contributed by atoms with Crippen LogP contribution in [0.5, 0.6) is 5.75 Å². The van der Waals surface area contributed by atoms with E-state index >= 15 is 0 Å². The Kier molecular flexibility index (Phi) is 3.52. The van der Waals surface area contributed by atoms with Gasteiger partial charge in [0.05, 0.1) is 11.3 Å². The van der Waals surface area contributed by atoms with Crippen LogP contribution in [0.1, 0.15) is 21.9 Å². The number of benzene rings is 1. The fraction of sp³-hybridized carbons (Fsp3) is 0.154. The first-order valence-corrected chi connectivity index (χ1v) is 5.40. The van der Waals surface area contributed by atoms with Crippen LogP contribution in [0.2, 0.25) is 0 Å². The zero-order valence-electron chi connectivity index (χ0n) is 9.83. The van der Waals surface area contributed by atoms with Crippen LogP contribution in [-0.2, 0) is 6.61 Å². The molecule has 0 unspecified atom stereocenters. The summed E-state index contributed by atoms with van der Waals surface area (Å²) in [6.45, 7) is 1.85. The Balaban J connectivity index is 2.07. The zero-order valence-corrected chi connectivity index (χ0v) is 9.83. The number of nitrogens with zero attached hydrogens (tertiary/aromatic N) is 2. The Bertz CT molecular complexity index is 555. The number of hydrogen-bond acceptors (Lipinski definition) is 4. The molecule has 5 nitrogen and oxygen atoms in total. The van der Waals surface area contributed by atoms with E-state index in [1.165, 1.54) is 6.20 Å². The second kappa shape index (κ2) is 5.27. The van der Waals surface area contributed by atoms with Gasteiger partial charge in [0.15, 0.2) is 5.82 Å². The maximum absolute atomic E-state index is 10.8. The molecule has 0 spiro atoms. The van der Waals surface area contributed by atoms with Crippen LogP contribution in [-0.4, -0.2) is 21.0 Å². The molecule has 0 saturated carbocycles. The topological polar surface area (TPSA) is 72.3 Å². The van der Waals surface area contributed by atoms with E-state index in [-0.39, 0.29) is 12.2 Å². The summed E-state index contributed by atoms with van der Waals surface area (Å²) < 4.78 is 5.47. The molecule has 0 aliphatic carbocycles. The number of aromatic carboxylic acids is 1. The lowest BCUT2D eigenvalue weighted by molar-refractivity contribution is 0.0695. The highest BCUT2D eigenvalue weighted by atomic mass is 16.5. The van der Waals surface area contributed by atoms with E-state index < -0.39 is 5.97 Å². The molecule has 0 aliphatic rings. The van der Waals surface area contributed by atoms with Crippen molar-refractivity contribution in [3.8, 4) is 5.75 Å². The van der Waals surface area contributed by atoms with Gasteiger partial charge in [-0.05, 0) is 19.1 Å². The van der Waals surface area contributed by atoms with E-state index in [0.29, 0.717) is 11.5 Å². The predicted octanol–water partition coefficient (Wildman–Crippen LogP) is 2.06. The van der Waals surface area contributed by atoms with E-state index in [1.807, 2.05) is 30.3 Å². The molecular weight excluding hydrogens is 232 g/mol. The van der Waals surface area contributed by atoms with Crippen LogP contribution in [0.15, 0.2) is 36.5 Å². The molecule has 0 aliphatic heterocycles. The minimum atomic E-state index is -1.02. The fourth-order valence-electron chi connectivity index (χ4n) is 1.46. The van der Waals surface area contributed by atoms with Crippen molar-refractivity contribution >= 4 is 5.97 Å². The summed E-state index contributed by atoms with van der Waals surface area (Å²) in [4.78, 5) is 18.9. The van der Waals surface area contributed by atoms with Crippen molar-refractivity contribution in [1.82, 2.24) is 9.97 Å². The third kappa shape index (κ3) is 2.82. The number of rotatable bonds is 4. The van der Waals surface area contributed by atoms with Gasteiger partial charge in [-0.1, -0.05) is 18.2 Å². The summed E-state index contributed by atoms with van der Waals surface area (Å²) in [5, 5.41) is 8.85. The first-order chi connectivity index (χ1) is 8.66. The Morgan fingerprint density at radius 2 is 2.06 bits per heavy atom. The van der Waals surface area contributed by atoms with Gasteiger partial charge in [0.2, 0.25) is 0 Å². The van der Waals surface area contributed by atoms with Crippen molar-refractivity contribution < 1.29 is 14.6 Å². The fourth-order valence-corrected chi connectivity index (χ4v) is 1.46. The van der Waals surface area contributed by atoms with Gasteiger partial charge in [-0.15, -0.1) is 0 Å². The van der Waals surface area contributed by atoms with Crippen LogP contribution < -0.4 is 4.74 Å². The zero-order chi connectivity index (χ0) is 13.0. The quantitative estimate of drug-likeness (QED) is 0.891. The highest BCUT2D eigenvalue weighted by molar-refractivity contribution is 5.88. The molecule has 1 aromatic carbocycles. The van der Waals surface area contributed by atoms with Crippen molar-refractivity contribution in [1.29, 1.82) is 0 Å². The van der Waals surface area contributed by atoms with Crippen molar-refractivity contribution in [2.45, 2.75) is 13.5 Å². The van der Waals surface area contributed by atoms with Gasteiger partial charge in [0.1, 0.15) is 12.4 Å². The molecule has 0 bridgehead atoms. The maximum Gasteiger partial charge on any atom is 0.339 e. The largest absolute Gasteiger partial charge is 0.486 e. The third-order valence-corrected chi connectivity index (χ3v) is 2.37. The predicted molar refractivity (Wildman–Crippen MR) is 64.5 cm³/mol. The van der Waals surface area contributed by atoms with Gasteiger partial charge in [0.25, 0.3) is 0 Å². The van der Waals surface area contributed by atoms with Crippen LogP contribution in [0.4, 0.5) is 0 Å². The maximum atomic E-state index is 10.8. The van der Waals surface area contributed by atoms with E-state index in [1.54, 1.807) is 6.92 Å². The molecule has 5 heteroatoms. The number of aromatic nitrogens is 2. The molecule has 2 aromatic rings. The first kappa shape index (κ1) is 12.0. The molecule has 18 heavy (non-hydrogen) atoms. The van der Waals surface area contributed by atoms with Gasteiger partial charge in [-0.3, -0.25) is 0 Å². The molecule has 2 rings (SSSR count). The van der Waals surface area contributed by atoms with Crippen LogP contribution in [0.3, 0.4) is 0 Å². The van der Waals surface area contributed by atoms with Crippen molar-refractivity contribution in [3.05, 3.63) is 53.6 Å². The Morgan fingerprint density at radius 3 is 2.67 bits per heavy atom. The Morgan fingerprint density at radius 1 is 1.33 bits per heavy atom. The molecule has 0 saturated heterocycles. The van der Waals surface area contributed by atoms with Gasteiger partial charge in [-0.25, -0.2) is 14.8 Å². The number of carboxylic acid groups (broad SMARTS) is 1. The minimum absolute atomic E-state index is 0.110. The number of ether oxygens (including phenoxy) is 1. The molecular formula is C13H12N2O3. The van der Waals surface area contributed by atoms with Gasteiger partial charge in [-0.2, -0.15) is 0 Å². The second-order valence-corrected chi connectivity index (χ2v) is 3.69. The number of hydrogen-bond donors (Lipinski definition) is 1. The Hall–Kier alpha value is -2.43. The SMILES string of the molecule is Cc1nc(COc2ccccc2)ncc1C(=O)O. The van der Waals surface area contributed by atoms with Crippen LogP contribution in [0.25, 0.3) is 0 Å². The van der Waals surface area contributed by atoms with Crippen LogP contribution >= 0.6 is 0 Å². The van der Waals surface area contributed by atoms with E-state index in [9.17, 15) is 4.79 Å². The second-order valence-electron chi connectivity index (χ2n) is 3.69. The van der Waals surface area contributed by atoms with Crippen molar-refractivity contribution in [3.63, 3.8) is 0 Å². The highest BCUT2D eigenvalue weighted by Gasteiger charge is 2.09. The molecule has 0 radical (unpaired) electrons. The smallest absolute Gasteiger partial charge is 0.339 e. The number of carbonyl (C=O) groups is 1. The monoisotopic (exact) mass is 244 g/mol. The van der Waals surface area contributed by atoms with Gasteiger partial charge in [0, 0.05) is 6.20 Å². The summed E-state index contributed by atoms with van der Waals surface area (Å²) in [6, 6.07) is 9.30. The lowest BCUT2D eigenvalue weighted by Gasteiger charge is -2.06. The molecule has 1 heterocycles. The average molecular weight is 244 g/mol. The molecule has 0 fully saturated rings. The summed E-state index contributed by atoms with van der Waals surface area (Å²) in [5.74, 6) is 0.158. The number of carboxylic acids is 1. The molecule has 92 valence electrons. The Labute approximate surface area is 104 Å². The first-order valence-electron chi connectivity index (χ1n) is 5.40. The van der Waals surface area contributed by atoms with Gasteiger partial charge < -0.3 is 9.84 Å². The lowest BCUT2D eigenvalue weighted by atomic mass is 10.2. The molecule has 0 atom stereocenters. The van der Waals surface area contributed by atoms with E-state index in [4.69, 9.17) is 9.84 Å². The van der Waals surface area contributed by atoms with Crippen LogP contribution in [0, 0.1) is 6.92 Å². The average Bonchev–Trinajstić information content (AvgIpc) is 2.37. The molecule has 0 amide bonds. The minimum Gasteiger partial charge on any atom is -0.486 e. The standard InChI is InChI=1S/C13H12N2O3/c1-9-11(13(16)17)7-14-12(15-9)8-18-10-5-3-2-4-6-10/h2-7H,8H2,1H3,(H,16,17). The lowest BCUT2D eigenvalue weighted by Crippen LogP contribution is -2.08. The third-order valence-electron chi connectivity index (χ3n) is 2.37. The molecule has 1 aromatic heterocycles. The van der Waals surface area contributed by atoms with Crippen molar-refractivity contribution in [2.75, 3.05) is 0 Å². The summed E-state index contributed by atoms with van der Waals surface area (Å²) in [7, 11) is 0. The number of aryl methyl sites for hydroxylation is 1. The number of para-hydroxylation sites is 1. The summed E-state index contributed by atoms with van der Waals surface area (Å²) >= 11 is 0. The molecule has 1 N–H and O–H groups in total. The van der Waals surface area contributed by atoms with E-state index in [0.717, 1.165) is 5.75 Å². The summed E-state index contributed by atoms with van der Waals surface area (Å²) in [6.07, 6.45) is 1.30. The van der Waals surface area contributed by atoms with E-state index in [2.05, 4.69) is 9.97 Å². The summed E-state index contributed by atoms with van der Waals surface area (Å²) in [5.41, 5.74) is 0.544. The highest BCUT2D eigenvalue weighted by Crippen LogP contribution is 2.11. The van der Waals surface area contributed by atoms with Crippen molar-refractivity contribution in [2.24, 2.45) is 0 Å².